The minimum Gasteiger partial charge on any atom is -0.367 e. The highest BCUT2D eigenvalue weighted by atomic mass is 32.1. The number of hydrogen-bond donors (Lipinski definition) is 3. The van der Waals surface area contributed by atoms with Gasteiger partial charge in [-0.3, -0.25) is 4.79 Å². The third-order valence-corrected chi connectivity index (χ3v) is 6.58. The fourth-order valence-electron chi connectivity index (χ4n) is 3.91. The lowest BCUT2D eigenvalue weighted by Gasteiger charge is -2.38. The number of thiazole rings is 1. The van der Waals surface area contributed by atoms with Gasteiger partial charge in [0.25, 0.3) is 5.56 Å². The number of allylic oxidation sites excluding steroid dienone is 1. The minimum atomic E-state index is -0.251. The van der Waals surface area contributed by atoms with Crippen molar-refractivity contribution in [3.63, 3.8) is 0 Å². The molecule has 8 heteroatoms. The van der Waals surface area contributed by atoms with Crippen LogP contribution in [-0.4, -0.2) is 40.3 Å². The number of rotatable bonds is 6. The second kappa shape index (κ2) is 8.32. The summed E-state index contributed by atoms with van der Waals surface area (Å²) in [6.45, 7) is 9.24. The van der Waals surface area contributed by atoms with Gasteiger partial charge in [0.15, 0.2) is 5.13 Å². The maximum atomic E-state index is 12.5. The molecule has 152 valence electrons. The highest BCUT2D eigenvalue weighted by Crippen LogP contribution is 2.30. The number of H-pyrrole nitrogens is 1. The summed E-state index contributed by atoms with van der Waals surface area (Å²) in [7, 11) is 0. The van der Waals surface area contributed by atoms with Gasteiger partial charge in [-0.15, -0.1) is 0 Å². The summed E-state index contributed by atoms with van der Waals surface area (Å²) in [5.41, 5.74) is 0.0562. The molecule has 0 atom stereocenters. The molecular weight excluding hydrogens is 384 g/mol. The Hall–Kier alpha value is -2.74. The molecule has 0 unspecified atom stereocenters. The molecule has 0 spiro atoms. The van der Waals surface area contributed by atoms with Gasteiger partial charge in [0.05, 0.1) is 16.8 Å². The van der Waals surface area contributed by atoms with E-state index in [9.17, 15) is 4.79 Å². The van der Waals surface area contributed by atoms with Crippen LogP contribution in [-0.2, 0) is 0 Å². The maximum absolute atomic E-state index is 12.5. The van der Waals surface area contributed by atoms with Crippen molar-refractivity contribution in [1.82, 2.24) is 15.0 Å². The van der Waals surface area contributed by atoms with E-state index in [0.29, 0.717) is 23.2 Å². The highest BCUT2D eigenvalue weighted by molar-refractivity contribution is 7.13. The molecule has 0 bridgehead atoms. The molecule has 2 aromatic rings. The average Bonchev–Trinajstić information content (AvgIpc) is 3.02. The Morgan fingerprint density at radius 1 is 1.24 bits per heavy atom. The van der Waals surface area contributed by atoms with E-state index in [1.807, 2.05) is 6.08 Å². The molecule has 1 saturated heterocycles. The maximum Gasteiger partial charge on any atom is 0.261 e. The molecule has 0 aromatic carbocycles. The number of aromatic amines is 1. The van der Waals surface area contributed by atoms with Crippen molar-refractivity contribution in [2.45, 2.75) is 44.1 Å². The van der Waals surface area contributed by atoms with E-state index in [0.717, 1.165) is 47.2 Å². The van der Waals surface area contributed by atoms with Crippen LogP contribution in [0, 0.1) is 5.41 Å². The number of hydrogen-bond acceptors (Lipinski definition) is 7. The smallest absolute Gasteiger partial charge is 0.261 e. The summed E-state index contributed by atoms with van der Waals surface area (Å²) >= 11 is 1.56. The molecule has 2 fully saturated rings. The number of nitrogens with one attached hydrogen (secondary N) is 3. The highest BCUT2D eigenvalue weighted by Gasteiger charge is 2.32. The normalized spacial score (nSPS) is 18.5. The van der Waals surface area contributed by atoms with Gasteiger partial charge in [0, 0.05) is 29.9 Å². The lowest BCUT2D eigenvalue weighted by Crippen LogP contribution is -2.46. The van der Waals surface area contributed by atoms with Crippen LogP contribution < -0.4 is 25.7 Å². The lowest BCUT2D eigenvalue weighted by atomic mass is 9.95. The lowest BCUT2D eigenvalue weighted by molar-refractivity contribution is 0.460. The van der Waals surface area contributed by atoms with E-state index >= 15 is 0 Å². The van der Waals surface area contributed by atoms with Gasteiger partial charge in [-0.1, -0.05) is 49.8 Å². The predicted molar refractivity (Wildman–Crippen MR) is 120 cm³/mol. The molecule has 1 aliphatic heterocycles. The van der Waals surface area contributed by atoms with Crippen LogP contribution >= 0.6 is 11.3 Å². The van der Waals surface area contributed by atoms with E-state index in [1.54, 1.807) is 17.4 Å². The van der Waals surface area contributed by atoms with Crippen molar-refractivity contribution in [3.8, 4) is 0 Å². The van der Waals surface area contributed by atoms with Crippen LogP contribution in [0.2, 0.25) is 0 Å². The molecule has 2 aromatic heterocycles. The number of aromatic nitrogens is 3. The van der Waals surface area contributed by atoms with Crippen molar-refractivity contribution >= 4 is 41.2 Å². The molecule has 0 radical (unpaired) electrons. The zero-order valence-electron chi connectivity index (χ0n) is 16.4. The first kappa shape index (κ1) is 19.6. The van der Waals surface area contributed by atoms with Crippen molar-refractivity contribution in [1.29, 1.82) is 5.41 Å². The van der Waals surface area contributed by atoms with Crippen LogP contribution in [0.15, 0.2) is 17.4 Å². The van der Waals surface area contributed by atoms with Gasteiger partial charge < -0.3 is 20.6 Å². The Labute approximate surface area is 173 Å². The SMILES string of the molecule is C=C/C=c1/nc(N2CC(c3nc(NC4CCCCC4)c(C=N)c(=O)[nH]3)C2)sc1=C. The third kappa shape index (κ3) is 4.03. The predicted octanol–water partition coefficient (Wildman–Crippen LogP) is 1.95. The summed E-state index contributed by atoms with van der Waals surface area (Å²) in [5.74, 6) is 1.36. The van der Waals surface area contributed by atoms with Crippen molar-refractivity contribution < 1.29 is 0 Å². The molecular formula is C21H26N6OS. The Kier molecular flexibility index (Phi) is 5.62. The van der Waals surface area contributed by atoms with Crippen LogP contribution in [0.4, 0.5) is 10.9 Å². The fraction of sp³-hybridized carbons (Fsp3) is 0.429. The Bertz CT molecular complexity index is 1080. The van der Waals surface area contributed by atoms with Gasteiger partial charge in [-0.25, -0.2) is 9.97 Å². The molecule has 3 N–H and O–H groups in total. The summed E-state index contributed by atoms with van der Waals surface area (Å²) in [6, 6.07) is 0.327. The average molecular weight is 411 g/mol. The van der Waals surface area contributed by atoms with Crippen molar-refractivity contribution in [2.75, 3.05) is 23.3 Å². The molecule has 7 nitrogen and oxygen atoms in total. The molecule has 3 heterocycles. The topological polar surface area (TPSA) is 97.8 Å². The zero-order valence-corrected chi connectivity index (χ0v) is 17.2. The standard InChI is InChI=1S/C21H26N6OS/c1-3-7-17-13(2)29-21(24-17)27-11-14(12-27)18-25-19(16(10-22)20(28)26-18)23-15-8-5-4-6-9-15/h3,7,10,14-15,22H,1-2,4-6,8-9,11-12H2,(H2,23,25,26,28)/b17-7+,22-10?. The zero-order chi connectivity index (χ0) is 20.4. The second-order valence-electron chi connectivity index (χ2n) is 7.65. The molecule has 29 heavy (non-hydrogen) atoms. The van der Waals surface area contributed by atoms with Crippen molar-refractivity contribution in [3.05, 3.63) is 44.3 Å². The van der Waals surface area contributed by atoms with Crippen LogP contribution in [0.5, 0.6) is 0 Å². The van der Waals surface area contributed by atoms with Crippen LogP contribution in [0.25, 0.3) is 12.7 Å². The number of anilines is 2. The Morgan fingerprint density at radius 2 is 2.00 bits per heavy atom. The van der Waals surface area contributed by atoms with Gasteiger partial charge >= 0.3 is 0 Å². The summed E-state index contributed by atoms with van der Waals surface area (Å²) in [4.78, 5) is 26.9. The minimum absolute atomic E-state index is 0.137. The second-order valence-corrected chi connectivity index (χ2v) is 8.71. The quantitative estimate of drug-likeness (QED) is 0.633. The Morgan fingerprint density at radius 3 is 2.69 bits per heavy atom. The summed E-state index contributed by atoms with van der Waals surface area (Å²) in [5, 5.41) is 12.8. The summed E-state index contributed by atoms with van der Waals surface area (Å²) < 4.78 is 0.921. The van der Waals surface area contributed by atoms with E-state index < -0.39 is 0 Å². The molecule has 2 aliphatic rings. The third-order valence-electron chi connectivity index (χ3n) is 5.59. The molecule has 1 aliphatic carbocycles. The fourth-order valence-corrected chi connectivity index (χ4v) is 4.77. The summed E-state index contributed by atoms with van der Waals surface area (Å²) in [6.07, 6.45) is 10.5. The van der Waals surface area contributed by atoms with Gasteiger partial charge in [-0.05, 0) is 18.9 Å². The van der Waals surface area contributed by atoms with Crippen LogP contribution in [0.1, 0.15) is 49.4 Å². The Balaban J connectivity index is 1.52. The van der Waals surface area contributed by atoms with Gasteiger partial charge in [-0.2, -0.15) is 0 Å². The first-order valence-electron chi connectivity index (χ1n) is 10.0. The largest absolute Gasteiger partial charge is 0.367 e. The van der Waals surface area contributed by atoms with Crippen molar-refractivity contribution in [2.24, 2.45) is 0 Å². The van der Waals surface area contributed by atoms with E-state index in [1.165, 1.54) is 19.3 Å². The van der Waals surface area contributed by atoms with Gasteiger partial charge in [0.1, 0.15) is 11.6 Å². The first-order valence-corrected chi connectivity index (χ1v) is 10.9. The van der Waals surface area contributed by atoms with E-state index in [4.69, 9.17) is 10.4 Å². The number of nitrogens with zero attached hydrogens (tertiary/aromatic N) is 3. The molecule has 1 saturated carbocycles. The first-order chi connectivity index (χ1) is 14.1. The van der Waals surface area contributed by atoms with Gasteiger partial charge in [0.2, 0.25) is 0 Å². The van der Waals surface area contributed by atoms with E-state index in [2.05, 4.69) is 33.3 Å². The monoisotopic (exact) mass is 410 g/mol. The molecule has 0 amide bonds. The van der Waals surface area contributed by atoms with Crippen LogP contribution in [0.3, 0.4) is 0 Å². The molecule has 4 rings (SSSR count). The van der Waals surface area contributed by atoms with E-state index in [-0.39, 0.29) is 11.5 Å².